The highest BCUT2D eigenvalue weighted by Crippen LogP contribution is 2.18. The minimum absolute atomic E-state index is 0.502. The van der Waals surface area contributed by atoms with Crippen molar-refractivity contribution in [2.75, 3.05) is 0 Å². The summed E-state index contributed by atoms with van der Waals surface area (Å²) in [7, 11) is 0. The highest BCUT2D eigenvalue weighted by Gasteiger charge is 2.15. The first-order chi connectivity index (χ1) is 9.76. The van der Waals surface area contributed by atoms with E-state index in [0.717, 1.165) is 38.5 Å². The van der Waals surface area contributed by atoms with Crippen LogP contribution in [0.3, 0.4) is 0 Å². The third-order valence-corrected chi connectivity index (χ3v) is 4.06. The van der Waals surface area contributed by atoms with Crippen molar-refractivity contribution < 1.29 is 5.11 Å². The molecule has 0 saturated carbocycles. The van der Waals surface area contributed by atoms with Crippen LogP contribution in [0.5, 0.6) is 0 Å². The summed E-state index contributed by atoms with van der Waals surface area (Å²) in [6, 6.07) is 0. The van der Waals surface area contributed by atoms with Crippen molar-refractivity contribution in [1.29, 1.82) is 0 Å². The second-order valence-corrected chi connectivity index (χ2v) is 6.85. The molecule has 0 radical (unpaired) electrons. The average molecular weight is 293 g/mol. The summed E-state index contributed by atoms with van der Waals surface area (Å²) < 4.78 is 0. The third-order valence-electron chi connectivity index (χ3n) is 4.06. The zero-order valence-corrected chi connectivity index (χ0v) is 15.1. The molecule has 0 heterocycles. The zero-order valence-electron chi connectivity index (χ0n) is 15.1. The molecule has 0 spiro atoms. The van der Waals surface area contributed by atoms with E-state index in [1.54, 1.807) is 0 Å². The van der Waals surface area contributed by atoms with Crippen LogP contribution in [0.15, 0.2) is 34.9 Å². The lowest BCUT2D eigenvalue weighted by Crippen LogP contribution is -2.21. The molecule has 1 N–H and O–H groups in total. The average Bonchev–Trinajstić information content (AvgIpc) is 2.38. The number of hydrogen-bond acceptors (Lipinski definition) is 1. The van der Waals surface area contributed by atoms with Gasteiger partial charge in [0.2, 0.25) is 0 Å². The molecule has 1 atom stereocenters. The van der Waals surface area contributed by atoms with Gasteiger partial charge in [-0.2, -0.15) is 0 Å². The van der Waals surface area contributed by atoms with Gasteiger partial charge in [-0.15, -0.1) is 0 Å². The molecule has 0 fully saturated rings. The molecule has 122 valence electrons. The SMILES string of the molecule is CC[C@](C)(O)CC/C=C(\C)CC/C=C(/C)CCC=C(C)C. The van der Waals surface area contributed by atoms with Gasteiger partial charge in [-0.05, 0) is 79.6 Å². The molecule has 0 bridgehead atoms. The van der Waals surface area contributed by atoms with Gasteiger partial charge in [0.05, 0.1) is 5.60 Å². The Morgan fingerprint density at radius 2 is 1.33 bits per heavy atom. The lowest BCUT2D eigenvalue weighted by molar-refractivity contribution is 0.0480. The van der Waals surface area contributed by atoms with Crippen LogP contribution in [0.2, 0.25) is 0 Å². The molecule has 0 aliphatic heterocycles. The molecule has 0 aromatic rings. The smallest absolute Gasteiger partial charge is 0.0620 e. The Labute approximate surface area is 132 Å². The van der Waals surface area contributed by atoms with Crippen molar-refractivity contribution >= 4 is 0 Å². The number of hydrogen-bond donors (Lipinski definition) is 1. The summed E-state index contributed by atoms with van der Waals surface area (Å²) in [5.74, 6) is 0. The van der Waals surface area contributed by atoms with E-state index in [2.05, 4.69) is 45.9 Å². The molecule has 0 saturated heterocycles. The lowest BCUT2D eigenvalue weighted by atomic mass is 9.96. The largest absolute Gasteiger partial charge is 0.390 e. The predicted octanol–water partition coefficient (Wildman–Crippen LogP) is 6.35. The minimum atomic E-state index is -0.502. The summed E-state index contributed by atoms with van der Waals surface area (Å²) in [6.07, 6.45) is 14.2. The maximum atomic E-state index is 9.96. The standard InChI is InChI=1S/C20H36O/c1-7-20(6,21)16-10-15-19(5)14-9-13-18(4)12-8-11-17(2)3/h11,13,15,21H,7-10,12,14,16H2,1-6H3/b18-13-,19-15+/t20-/m0/s1. The normalized spacial score (nSPS) is 15.8. The molecule has 0 aromatic carbocycles. The summed E-state index contributed by atoms with van der Waals surface area (Å²) >= 11 is 0. The van der Waals surface area contributed by atoms with E-state index in [9.17, 15) is 5.11 Å². The van der Waals surface area contributed by atoms with Crippen LogP contribution in [0, 0.1) is 0 Å². The fourth-order valence-corrected chi connectivity index (χ4v) is 2.15. The summed E-state index contributed by atoms with van der Waals surface area (Å²) in [4.78, 5) is 0. The lowest BCUT2D eigenvalue weighted by Gasteiger charge is -2.20. The molecule has 0 aromatic heterocycles. The van der Waals surface area contributed by atoms with Crippen LogP contribution in [-0.4, -0.2) is 10.7 Å². The molecule has 0 aliphatic rings. The number of allylic oxidation sites excluding steroid dienone is 6. The highest BCUT2D eigenvalue weighted by molar-refractivity contribution is 5.05. The highest BCUT2D eigenvalue weighted by atomic mass is 16.3. The maximum Gasteiger partial charge on any atom is 0.0620 e. The molecule has 21 heavy (non-hydrogen) atoms. The van der Waals surface area contributed by atoms with Gasteiger partial charge in [0.15, 0.2) is 0 Å². The predicted molar refractivity (Wildman–Crippen MR) is 95.6 cm³/mol. The van der Waals surface area contributed by atoms with E-state index in [1.165, 1.54) is 23.1 Å². The Morgan fingerprint density at radius 1 is 0.857 bits per heavy atom. The summed E-state index contributed by atoms with van der Waals surface area (Å²) in [5, 5.41) is 9.96. The minimum Gasteiger partial charge on any atom is -0.390 e. The summed E-state index contributed by atoms with van der Waals surface area (Å²) in [6.45, 7) is 12.7. The van der Waals surface area contributed by atoms with Crippen molar-refractivity contribution in [3.8, 4) is 0 Å². The van der Waals surface area contributed by atoms with Gasteiger partial charge in [0.1, 0.15) is 0 Å². The van der Waals surface area contributed by atoms with Crippen LogP contribution < -0.4 is 0 Å². The van der Waals surface area contributed by atoms with Crippen molar-refractivity contribution in [2.45, 2.75) is 92.1 Å². The van der Waals surface area contributed by atoms with E-state index >= 15 is 0 Å². The number of rotatable bonds is 10. The molecular formula is C20H36O. The van der Waals surface area contributed by atoms with Crippen LogP contribution in [-0.2, 0) is 0 Å². The fraction of sp³-hybridized carbons (Fsp3) is 0.700. The Hall–Kier alpha value is -0.820. The van der Waals surface area contributed by atoms with Crippen molar-refractivity contribution in [2.24, 2.45) is 0 Å². The van der Waals surface area contributed by atoms with Crippen molar-refractivity contribution in [3.05, 3.63) is 34.9 Å². The Bertz CT molecular complexity index is 365. The van der Waals surface area contributed by atoms with E-state index < -0.39 is 5.60 Å². The van der Waals surface area contributed by atoms with Gasteiger partial charge in [0.25, 0.3) is 0 Å². The van der Waals surface area contributed by atoms with Gasteiger partial charge >= 0.3 is 0 Å². The monoisotopic (exact) mass is 292 g/mol. The van der Waals surface area contributed by atoms with Gasteiger partial charge < -0.3 is 5.11 Å². The third kappa shape index (κ3) is 12.6. The molecule has 0 amide bonds. The molecule has 0 aliphatic carbocycles. The molecule has 0 unspecified atom stereocenters. The van der Waals surface area contributed by atoms with Crippen LogP contribution in [0.1, 0.15) is 86.5 Å². The summed E-state index contributed by atoms with van der Waals surface area (Å²) in [5.41, 5.74) is 3.84. The first-order valence-electron chi connectivity index (χ1n) is 8.44. The first-order valence-corrected chi connectivity index (χ1v) is 8.44. The van der Waals surface area contributed by atoms with E-state index in [4.69, 9.17) is 0 Å². The van der Waals surface area contributed by atoms with Gasteiger partial charge in [-0.25, -0.2) is 0 Å². The second-order valence-electron chi connectivity index (χ2n) is 6.85. The Kier molecular flexibility index (Phi) is 10.4. The van der Waals surface area contributed by atoms with Crippen LogP contribution in [0.4, 0.5) is 0 Å². The van der Waals surface area contributed by atoms with Crippen molar-refractivity contribution in [1.82, 2.24) is 0 Å². The Balaban J connectivity index is 3.96. The van der Waals surface area contributed by atoms with Gasteiger partial charge in [-0.1, -0.05) is 41.9 Å². The van der Waals surface area contributed by atoms with Crippen molar-refractivity contribution in [3.63, 3.8) is 0 Å². The quantitative estimate of drug-likeness (QED) is 0.465. The molecule has 1 nitrogen and oxygen atoms in total. The van der Waals surface area contributed by atoms with Gasteiger partial charge in [0, 0.05) is 0 Å². The van der Waals surface area contributed by atoms with E-state index in [-0.39, 0.29) is 0 Å². The van der Waals surface area contributed by atoms with E-state index in [0.29, 0.717) is 0 Å². The molecule has 0 rings (SSSR count). The molecular weight excluding hydrogens is 256 g/mol. The number of aliphatic hydroxyl groups is 1. The van der Waals surface area contributed by atoms with E-state index in [1.807, 2.05) is 13.8 Å². The fourth-order valence-electron chi connectivity index (χ4n) is 2.15. The maximum absolute atomic E-state index is 9.96. The second kappa shape index (κ2) is 10.8. The zero-order chi connectivity index (χ0) is 16.3. The topological polar surface area (TPSA) is 20.2 Å². The van der Waals surface area contributed by atoms with Gasteiger partial charge in [-0.3, -0.25) is 0 Å². The molecule has 1 heteroatoms. The van der Waals surface area contributed by atoms with Crippen LogP contribution in [0.25, 0.3) is 0 Å². The first kappa shape index (κ1) is 20.2. The Morgan fingerprint density at radius 3 is 1.81 bits per heavy atom. The van der Waals surface area contributed by atoms with Crippen LogP contribution >= 0.6 is 0 Å².